The Morgan fingerprint density at radius 2 is 1.81 bits per heavy atom. The number of hydrogen-bond acceptors (Lipinski definition) is 5. The highest BCUT2D eigenvalue weighted by Crippen LogP contribution is 2.42. The fraction of sp³-hybridized carbons (Fsp3) is 0.0833. The van der Waals surface area contributed by atoms with Gasteiger partial charge in [-0.25, -0.2) is 0 Å². The van der Waals surface area contributed by atoms with Crippen molar-refractivity contribution in [2.75, 3.05) is 10.2 Å². The Hall–Kier alpha value is -4.26. The lowest BCUT2D eigenvalue weighted by Gasteiger charge is -2.25. The number of nitrogens with zero attached hydrogens (tertiary/aromatic N) is 2. The number of aliphatic hydroxyl groups is 1. The predicted octanol–water partition coefficient (Wildman–Crippen LogP) is 3.67. The molecule has 0 spiro atoms. The van der Waals surface area contributed by atoms with E-state index >= 15 is 0 Å². The fourth-order valence-electron chi connectivity index (χ4n) is 3.64. The molecule has 1 saturated heterocycles. The Labute approximate surface area is 178 Å². The van der Waals surface area contributed by atoms with E-state index in [0.717, 1.165) is 0 Å². The van der Waals surface area contributed by atoms with Crippen LogP contribution in [0.25, 0.3) is 5.76 Å². The van der Waals surface area contributed by atoms with Gasteiger partial charge >= 0.3 is 0 Å². The first kappa shape index (κ1) is 20.0. The van der Waals surface area contributed by atoms with Crippen LogP contribution in [0.5, 0.6) is 0 Å². The second-order valence-corrected chi connectivity index (χ2v) is 7.05. The summed E-state index contributed by atoms with van der Waals surface area (Å²) in [4.78, 5) is 43.0. The molecule has 0 aliphatic carbocycles. The average molecular weight is 413 g/mol. The van der Waals surface area contributed by atoms with Crippen molar-refractivity contribution in [1.29, 1.82) is 0 Å². The summed E-state index contributed by atoms with van der Waals surface area (Å²) >= 11 is 0. The number of aliphatic hydroxyl groups excluding tert-OH is 1. The lowest BCUT2D eigenvalue weighted by molar-refractivity contribution is -0.132. The van der Waals surface area contributed by atoms with Gasteiger partial charge in [0.15, 0.2) is 0 Å². The van der Waals surface area contributed by atoms with Gasteiger partial charge in [-0.2, -0.15) is 0 Å². The highest BCUT2D eigenvalue weighted by Gasteiger charge is 2.47. The monoisotopic (exact) mass is 413 g/mol. The van der Waals surface area contributed by atoms with Crippen molar-refractivity contribution < 1.29 is 19.5 Å². The molecule has 31 heavy (non-hydrogen) atoms. The molecule has 2 heterocycles. The first-order valence-corrected chi connectivity index (χ1v) is 9.61. The number of rotatable bonds is 4. The number of hydrogen-bond donors (Lipinski definition) is 2. The highest BCUT2D eigenvalue weighted by molar-refractivity contribution is 6.51. The maximum Gasteiger partial charge on any atom is 0.300 e. The van der Waals surface area contributed by atoms with Crippen LogP contribution in [-0.4, -0.2) is 27.7 Å². The first-order chi connectivity index (χ1) is 15.0. The Morgan fingerprint density at radius 1 is 1.03 bits per heavy atom. The second kappa shape index (κ2) is 8.23. The summed E-state index contributed by atoms with van der Waals surface area (Å²) in [6.07, 6.45) is 3.14. The summed E-state index contributed by atoms with van der Waals surface area (Å²) in [6.45, 7) is 1.38. The van der Waals surface area contributed by atoms with E-state index < -0.39 is 17.7 Å². The Kier molecular flexibility index (Phi) is 5.32. The maximum atomic E-state index is 13.1. The van der Waals surface area contributed by atoms with Crippen LogP contribution in [0.15, 0.2) is 84.7 Å². The fourth-order valence-corrected chi connectivity index (χ4v) is 3.64. The normalized spacial score (nSPS) is 17.6. The van der Waals surface area contributed by atoms with Crippen molar-refractivity contribution >= 4 is 34.7 Å². The lowest BCUT2D eigenvalue weighted by Crippen LogP contribution is -2.29. The number of Topliss-reactive ketones (excluding diaryl/α,β-unsaturated/α-hetero) is 1. The zero-order valence-corrected chi connectivity index (χ0v) is 16.6. The van der Waals surface area contributed by atoms with Crippen LogP contribution >= 0.6 is 0 Å². The van der Waals surface area contributed by atoms with Gasteiger partial charge in [-0.1, -0.05) is 42.5 Å². The Balaban J connectivity index is 1.90. The molecule has 3 aromatic rings. The van der Waals surface area contributed by atoms with Crippen LogP contribution in [0.2, 0.25) is 0 Å². The van der Waals surface area contributed by atoms with Crippen molar-refractivity contribution in [3.8, 4) is 0 Å². The minimum atomic E-state index is -0.874. The number of pyridine rings is 1. The summed E-state index contributed by atoms with van der Waals surface area (Å²) in [5.74, 6) is -2.08. The molecule has 7 heteroatoms. The van der Waals surface area contributed by atoms with E-state index in [9.17, 15) is 19.5 Å². The molecule has 2 N–H and O–H groups in total. The number of amides is 2. The minimum Gasteiger partial charge on any atom is -0.507 e. The molecule has 2 amide bonds. The van der Waals surface area contributed by atoms with E-state index in [1.807, 2.05) is 0 Å². The minimum absolute atomic E-state index is 0.0193. The third-order valence-corrected chi connectivity index (χ3v) is 4.94. The van der Waals surface area contributed by atoms with Gasteiger partial charge in [-0.15, -0.1) is 0 Å². The molecule has 0 radical (unpaired) electrons. The Morgan fingerprint density at radius 3 is 2.48 bits per heavy atom. The standard InChI is InChI=1S/C24H19N3O4/c1-15(28)26-18-10-5-11-19(13-18)27-21(17-9-6-12-25-14-17)20(23(30)24(27)31)22(29)16-7-3-2-4-8-16/h2-14,21,29H,1H3,(H,26,28)/b22-20+. The van der Waals surface area contributed by atoms with E-state index in [-0.39, 0.29) is 17.2 Å². The SMILES string of the molecule is CC(=O)Nc1cccc(N2C(=O)C(=O)/C(=C(/O)c3ccccc3)C2c2cccnc2)c1. The Bertz CT molecular complexity index is 1190. The van der Waals surface area contributed by atoms with Crippen LogP contribution in [0.4, 0.5) is 11.4 Å². The van der Waals surface area contributed by atoms with E-state index in [2.05, 4.69) is 10.3 Å². The van der Waals surface area contributed by atoms with Crippen molar-refractivity contribution in [3.63, 3.8) is 0 Å². The van der Waals surface area contributed by atoms with Gasteiger partial charge < -0.3 is 10.4 Å². The maximum absolute atomic E-state index is 13.1. The van der Waals surface area contributed by atoms with Gasteiger partial charge in [-0.3, -0.25) is 24.3 Å². The topological polar surface area (TPSA) is 99.6 Å². The van der Waals surface area contributed by atoms with Crippen LogP contribution < -0.4 is 10.2 Å². The van der Waals surface area contributed by atoms with Crippen molar-refractivity contribution in [2.24, 2.45) is 0 Å². The summed E-state index contributed by atoms with van der Waals surface area (Å²) in [6, 6.07) is 17.8. The van der Waals surface area contributed by atoms with E-state index in [4.69, 9.17) is 0 Å². The van der Waals surface area contributed by atoms with Gasteiger partial charge in [0.1, 0.15) is 5.76 Å². The van der Waals surface area contributed by atoms with Crippen molar-refractivity contribution in [2.45, 2.75) is 13.0 Å². The van der Waals surface area contributed by atoms with Gasteiger partial charge in [0.2, 0.25) is 5.91 Å². The van der Waals surface area contributed by atoms with Crippen LogP contribution in [0, 0.1) is 0 Å². The number of benzene rings is 2. The second-order valence-electron chi connectivity index (χ2n) is 7.05. The molecule has 1 aliphatic rings. The van der Waals surface area contributed by atoms with Gasteiger partial charge in [-0.05, 0) is 29.8 Å². The number of ketones is 1. The van der Waals surface area contributed by atoms with Crippen molar-refractivity contribution in [3.05, 3.63) is 95.8 Å². The third kappa shape index (κ3) is 3.81. The van der Waals surface area contributed by atoms with Crippen molar-refractivity contribution in [1.82, 2.24) is 4.98 Å². The zero-order valence-electron chi connectivity index (χ0n) is 16.6. The van der Waals surface area contributed by atoms with Crippen LogP contribution in [0.1, 0.15) is 24.1 Å². The summed E-state index contributed by atoms with van der Waals surface area (Å²) < 4.78 is 0. The summed E-state index contributed by atoms with van der Waals surface area (Å²) in [7, 11) is 0. The van der Waals surface area contributed by atoms with E-state index in [1.54, 1.807) is 79.1 Å². The lowest BCUT2D eigenvalue weighted by atomic mass is 9.96. The highest BCUT2D eigenvalue weighted by atomic mass is 16.3. The van der Waals surface area contributed by atoms with Crippen LogP contribution in [0.3, 0.4) is 0 Å². The molecule has 1 atom stereocenters. The molecule has 0 bridgehead atoms. The average Bonchev–Trinajstić information content (AvgIpc) is 3.05. The molecule has 7 nitrogen and oxygen atoms in total. The number of anilines is 2. The van der Waals surface area contributed by atoms with E-state index in [1.165, 1.54) is 11.8 Å². The molecular weight excluding hydrogens is 394 g/mol. The van der Waals surface area contributed by atoms with Gasteiger partial charge in [0, 0.05) is 36.3 Å². The molecule has 1 aliphatic heterocycles. The molecule has 1 fully saturated rings. The third-order valence-electron chi connectivity index (χ3n) is 4.94. The largest absolute Gasteiger partial charge is 0.507 e. The molecule has 154 valence electrons. The molecule has 4 rings (SSSR count). The number of aromatic nitrogens is 1. The summed E-state index contributed by atoms with van der Waals surface area (Å²) in [5.41, 5.74) is 1.88. The molecule has 0 saturated carbocycles. The number of carbonyl (C=O) groups excluding carboxylic acids is 3. The molecule has 1 unspecified atom stereocenters. The molecule has 1 aromatic heterocycles. The molecule has 2 aromatic carbocycles. The van der Waals surface area contributed by atoms with E-state index in [0.29, 0.717) is 22.5 Å². The molecular formula is C24H19N3O4. The predicted molar refractivity (Wildman–Crippen MR) is 116 cm³/mol. The number of carbonyl (C=O) groups is 3. The summed E-state index contributed by atoms with van der Waals surface area (Å²) in [5, 5.41) is 13.7. The first-order valence-electron chi connectivity index (χ1n) is 9.61. The van der Waals surface area contributed by atoms with Gasteiger partial charge in [0.05, 0.1) is 11.6 Å². The van der Waals surface area contributed by atoms with Gasteiger partial charge in [0.25, 0.3) is 11.7 Å². The van der Waals surface area contributed by atoms with Crippen LogP contribution in [-0.2, 0) is 14.4 Å². The zero-order chi connectivity index (χ0) is 22.0. The quantitative estimate of drug-likeness (QED) is 0.386. The smallest absolute Gasteiger partial charge is 0.300 e. The number of nitrogens with one attached hydrogen (secondary N) is 1.